The van der Waals surface area contributed by atoms with Crippen LogP contribution in [0, 0.1) is 5.82 Å². The number of ether oxygens (including phenoxy) is 1. The standard InChI is InChI=1S/C22H21FN6O/c23-16-5-1-3-14(9-16)11-25-21-17-7-8-30-13-19(17)27-22(28-21)29-20-6-2-4-15(10-24)18(20)12-26-29/h1-6,9,12H,7-8,10-11,13,24H2,(H,25,27,28). The van der Waals surface area contributed by atoms with Gasteiger partial charge in [-0.15, -0.1) is 0 Å². The van der Waals surface area contributed by atoms with Crippen LogP contribution in [0.2, 0.25) is 0 Å². The molecule has 8 heteroatoms. The minimum absolute atomic E-state index is 0.258. The third kappa shape index (κ3) is 3.40. The van der Waals surface area contributed by atoms with Crippen LogP contribution in [0.1, 0.15) is 22.4 Å². The molecule has 0 bridgehead atoms. The number of nitrogens with two attached hydrogens (primary N) is 1. The van der Waals surface area contributed by atoms with E-state index in [4.69, 9.17) is 20.4 Å². The highest BCUT2D eigenvalue weighted by molar-refractivity contribution is 5.83. The fourth-order valence-corrected chi connectivity index (χ4v) is 3.76. The van der Waals surface area contributed by atoms with Gasteiger partial charge in [-0.25, -0.2) is 9.37 Å². The van der Waals surface area contributed by atoms with Crippen molar-refractivity contribution in [2.75, 3.05) is 11.9 Å². The number of benzene rings is 2. The van der Waals surface area contributed by atoms with Crippen LogP contribution >= 0.6 is 0 Å². The largest absolute Gasteiger partial charge is 0.375 e. The molecule has 3 N–H and O–H groups in total. The van der Waals surface area contributed by atoms with Gasteiger partial charge in [0.25, 0.3) is 5.95 Å². The molecule has 30 heavy (non-hydrogen) atoms. The molecule has 0 amide bonds. The summed E-state index contributed by atoms with van der Waals surface area (Å²) >= 11 is 0. The van der Waals surface area contributed by atoms with Crippen molar-refractivity contribution in [1.82, 2.24) is 19.7 Å². The number of aromatic nitrogens is 4. The lowest BCUT2D eigenvalue weighted by molar-refractivity contribution is 0.107. The summed E-state index contributed by atoms with van der Waals surface area (Å²) < 4.78 is 20.9. The van der Waals surface area contributed by atoms with Crippen molar-refractivity contribution in [2.45, 2.75) is 26.1 Å². The van der Waals surface area contributed by atoms with Crippen molar-refractivity contribution in [3.8, 4) is 5.95 Å². The predicted octanol–water partition coefficient (Wildman–Crippen LogP) is 3.10. The minimum atomic E-state index is -0.258. The lowest BCUT2D eigenvalue weighted by atomic mass is 10.1. The van der Waals surface area contributed by atoms with Gasteiger partial charge in [-0.2, -0.15) is 14.8 Å². The fraction of sp³-hybridized carbons (Fsp3) is 0.227. The van der Waals surface area contributed by atoms with Crippen LogP contribution < -0.4 is 11.1 Å². The van der Waals surface area contributed by atoms with Gasteiger partial charge in [0.2, 0.25) is 0 Å². The SMILES string of the molecule is NCc1cccc2c1cnn2-c1nc2c(c(NCc3cccc(F)c3)n1)CCOC2. The molecule has 0 saturated heterocycles. The Morgan fingerprint density at radius 3 is 2.93 bits per heavy atom. The maximum Gasteiger partial charge on any atom is 0.253 e. The van der Waals surface area contributed by atoms with Gasteiger partial charge in [-0.1, -0.05) is 24.3 Å². The highest BCUT2D eigenvalue weighted by atomic mass is 19.1. The summed E-state index contributed by atoms with van der Waals surface area (Å²) in [4.78, 5) is 9.49. The first-order chi connectivity index (χ1) is 14.7. The Kier molecular flexibility index (Phi) is 4.86. The molecular weight excluding hydrogens is 383 g/mol. The summed E-state index contributed by atoms with van der Waals surface area (Å²) in [5, 5.41) is 8.85. The average Bonchev–Trinajstić information content (AvgIpc) is 3.21. The summed E-state index contributed by atoms with van der Waals surface area (Å²) in [6, 6.07) is 12.4. The molecule has 1 aliphatic rings. The van der Waals surface area contributed by atoms with Gasteiger partial charge in [0, 0.05) is 30.5 Å². The molecule has 3 heterocycles. The molecule has 0 atom stereocenters. The van der Waals surface area contributed by atoms with Gasteiger partial charge < -0.3 is 15.8 Å². The van der Waals surface area contributed by atoms with Crippen molar-refractivity contribution in [3.05, 3.63) is 76.9 Å². The molecule has 0 fully saturated rings. The molecule has 4 aromatic rings. The quantitative estimate of drug-likeness (QED) is 0.531. The smallest absolute Gasteiger partial charge is 0.253 e. The van der Waals surface area contributed by atoms with E-state index in [1.54, 1.807) is 16.9 Å². The zero-order chi connectivity index (χ0) is 20.5. The van der Waals surface area contributed by atoms with Crippen LogP contribution in [0.5, 0.6) is 0 Å². The number of hydrogen-bond acceptors (Lipinski definition) is 6. The van der Waals surface area contributed by atoms with E-state index in [1.807, 2.05) is 24.3 Å². The normalized spacial score (nSPS) is 13.4. The summed E-state index contributed by atoms with van der Waals surface area (Å²) in [5.74, 6) is 0.929. The van der Waals surface area contributed by atoms with Crippen molar-refractivity contribution >= 4 is 16.7 Å². The first-order valence-electron chi connectivity index (χ1n) is 9.85. The molecule has 0 radical (unpaired) electrons. The summed E-state index contributed by atoms with van der Waals surface area (Å²) in [6.45, 7) is 1.93. The number of hydrogen-bond donors (Lipinski definition) is 2. The molecule has 2 aromatic carbocycles. The highest BCUT2D eigenvalue weighted by Gasteiger charge is 2.20. The Bertz CT molecular complexity index is 1220. The molecule has 0 spiro atoms. The second-order valence-corrected chi connectivity index (χ2v) is 7.19. The van der Waals surface area contributed by atoms with Gasteiger partial charge >= 0.3 is 0 Å². The van der Waals surface area contributed by atoms with E-state index in [2.05, 4.69) is 10.4 Å². The van der Waals surface area contributed by atoms with Crippen LogP contribution in [0.3, 0.4) is 0 Å². The molecule has 7 nitrogen and oxygen atoms in total. The van der Waals surface area contributed by atoms with Crippen molar-refractivity contribution < 1.29 is 9.13 Å². The van der Waals surface area contributed by atoms with E-state index in [1.165, 1.54) is 12.1 Å². The van der Waals surface area contributed by atoms with E-state index < -0.39 is 0 Å². The molecular formula is C22H21FN6O. The number of rotatable bonds is 5. The molecule has 0 aliphatic carbocycles. The van der Waals surface area contributed by atoms with Crippen molar-refractivity contribution in [2.24, 2.45) is 5.73 Å². The maximum absolute atomic E-state index is 13.5. The zero-order valence-electron chi connectivity index (χ0n) is 16.3. The third-order valence-corrected chi connectivity index (χ3v) is 5.28. The maximum atomic E-state index is 13.5. The second-order valence-electron chi connectivity index (χ2n) is 7.19. The van der Waals surface area contributed by atoms with Gasteiger partial charge in [0.05, 0.1) is 30.6 Å². The van der Waals surface area contributed by atoms with Gasteiger partial charge in [0.15, 0.2) is 0 Å². The van der Waals surface area contributed by atoms with E-state index in [9.17, 15) is 4.39 Å². The van der Waals surface area contributed by atoms with E-state index in [-0.39, 0.29) is 5.82 Å². The lowest BCUT2D eigenvalue weighted by Crippen LogP contribution is -2.19. The summed E-state index contributed by atoms with van der Waals surface area (Å²) in [6.07, 6.45) is 2.51. The zero-order valence-corrected chi connectivity index (χ0v) is 16.3. The molecule has 152 valence electrons. The molecule has 1 aliphatic heterocycles. The van der Waals surface area contributed by atoms with E-state index >= 15 is 0 Å². The van der Waals surface area contributed by atoms with Crippen molar-refractivity contribution in [3.63, 3.8) is 0 Å². The minimum Gasteiger partial charge on any atom is -0.375 e. The average molecular weight is 404 g/mol. The molecule has 0 saturated carbocycles. The van der Waals surface area contributed by atoms with Crippen LogP contribution in [0.25, 0.3) is 16.9 Å². The topological polar surface area (TPSA) is 90.9 Å². The Hall–Kier alpha value is -3.36. The lowest BCUT2D eigenvalue weighted by Gasteiger charge is -2.20. The number of anilines is 1. The predicted molar refractivity (Wildman–Crippen MR) is 112 cm³/mol. The van der Waals surface area contributed by atoms with Crippen LogP contribution in [0.4, 0.5) is 10.2 Å². The number of fused-ring (bicyclic) bond motifs is 2. The van der Waals surface area contributed by atoms with Crippen LogP contribution in [-0.4, -0.2) is 26.4 Å². The first kappa shape index (κ1) is 18.7. The highest BCUT2D eigenvalue weighted by Crippen LogP contribution is 2.26. The summed E-state index contributed by atoms with van der Waals surface area (Å²) in [5.41, 5.74) is 10.5. The second kappa shape index (κ2) is 7.81. The van der Waals surface area contributed by atoms with Gasteiger partial charge in [-0.05, 0) is 29.3 Å². The Morgan fingerprint density at radius 1 is 1.17 bits per heavy atom. The number of nitrogens with one attached hydrogen (secondary N) is 1. The van der Waals surface area contributed by atoms with E-state index in [0.717, 1.165) is 45.5 Å². The number of halogens is 1. The third-order valence-electron chi connectivity index (χ3n) is 5.28. The molecule has 0 unspecified atom stereocenters. The van der Waals surface area contributed by atoms with E-state index in [0.29, 0.717) is 32.3 Å². The Morgan fingerprint density at radius 2 is 2.07 bits per heavy atom. The summed E-state index contributed by atoms with van der Waals surface area (Å²) in [7, 11) is 0. The van der Waals surface area contributed by atoms with Crippen molar-refractivity contribution in [1.29, 1.82) is 0 Å². The van der Waals surface area contributed by atoms with Gasteiger partial charge in [0.1, 0.15) is 11.6 Å². The number of nitrogens with zero attached hydrogens (tertiary/aromatic N) is 4. The van der Waals surface area contributed by atoms with Crippen LogP contribution in [-0.2, 0) is 30.9 Å². The van der Waals surface area contributed by atoms with Gasteiger partial charge in [-0.3, -0.25) is 0 Å². The molecule has 2 aromatic heterocycles. The Labute approximate surface area is 172 Å². The first-order valence-corrected chi connectivity index (χ1v) is 9.85. The monoisotopic (exact) mass is 404 g/mol. The molecule has 5 rings (SSSR count). The van der Waals surface area contributed by atoms with Crippen LogP contribution in [0.15, 0.2) is 48.7 Å². The fourth-order valence-electron chi connectivity index (χ4n) is 3.76. The Balaban J connectivity index is 1.56.